The van der Waals surface area contributed by atoms with E-state index in [1.165, 1.54) is 0 Å². The first kappa shape index (κ1) is 18.2. The van der Waals surface area contributed by atoms with Gasteiger partial charge >= 0.3 is 0 Å². The highest BCUT2D eigenvalue weighted by Crippen LogP contribution is 2.34. The molecule has 0 heterocycles. The number of carbonyl (C=O) groups excluding carboxylic acids is 1. The van der Waals surface area contributed by atoms with Gasteiger partial charge in [-0.1, -0.05) is 43.0 Å². The maximum absolute atomic E-state index is 12.7. The Morgan fingerprint density at radius 1 is 1.35 bits per heavy atom. The number of rotatable bonds is 5. The molecular formula is C18H23ClN2OS. The minimum Gasteiger partial charge on any atom is -0.326 e. The van der Waals surface area contributed by atoms with Crippen LogP contribution in [0.4, 0.5) is 0 Å². The van der Waals surface area contributed by atoms with Gasteiger partial charge in [-0.15, -0.1) is 11.8 Å². The van der Waals surface area contributed by atoms with Gasteiger partial charge < -0.3 is 4.90 Å². The van der Waals surface area contributed by atoms with Crippen molar-refractivity contribution >= 4 is 29.3 Å². The number of amides is 1. The normalized spacial score (nSPS) is 18.0. The van der Waals surface area contributed by atoms with E-state index in [0.717, 1.165) is 48.4 Å². The highest BCUT2D eigenvalue weighted by molar-refractivity contribution is 7.99. The largest absolute Gasteiger partial charge is 0.326 e. The molecule has 1 atom stereocenters. The van der Waals surface area contributed by atoms with Gasteiger partial charge in [0.05, 0.1) is 11.3 Å². The highest BCUT2D eigenvalue weighted by atomic mass is 35.5. The quantitative estimate of drug-likeness (QED) is 0.776. The SMILES string of the molecule is C[C@@H](SCc1ccc(Cl)cc1)C(=O)N(C)C1(C#N)CCCCC1. The molecule has 1 fully saturated rings. The van der Waals surface area contributed by atoms with Crippen molar-refractivity contribution in [1.29, 1.82) is 5.26 Å². The molecule has 0 aromatic heterocycles. The molecule has 2 rings (SSSR count). The first-order chi connectivity index (χ1) is 11.0. The zero-order valence-corrected chi connectivity index (χ0v) is 15.3. The monoisotopic (exact) mass is 350 g/mol. The second-order valence-corrected chi connectivity index (χ2v) is 7.95. The Bertz CT molecular complexity index is 576. The number of thioether (sulfide) groups is 1. The first-order valence-corrected chi connectivity index (χ1v) is 9.46. The number of carbonyl (C=O) groups is 1. The van der Waals surface area contributed by atoms with Crippen LogP contribution < -0.4 is 0 Å². The van der Waals surface area contributed by atoms with Gasteiger partial charge in [0.25, 0.3) is 0 Å². The second-order valence-electron chi connectivity index (χ2n) is 6.18. The van der Waals surface area contributed by atoms with E-state index in [1.807, 2.05) is 31.2 Å². The average Bonchev–Trinajstić information content (AvgIpc) is 2.60. The molecule has 1 saturated carbocycles. The number of hydrogen-bond acceptors (Lipinski definition) is 3. The van der Waals surface area contributed by atoms with E-state index in [0.29, 0.717) is 0 Å². The van der Waals surface area contributed by atoms with Gasteiger partial charge in [-0.25, -0.2) is 0 Å². The summed E-state index contributed by atoms with van der Waals surface area (Å²) >= 11 is 7.49. The molecular weight excluding hydrogens is 328 g/mol. The van der Waals surface area contributed by atoms with Gasteiger partial charge in [-0.3, -0.25) is 4.79 Å². The Labute approximate surface area is 148 Å². The van der Waals surface area contributed by atoms with Crippen molar-refractivity contribution in [2.75, 3.05) is 7.05 Å². The fourth-order valence-electron chi connectivity index (χ4n) is 3.02. The summed E-state index contributed by atoms with van der Waals surface area (Å²) in [6.45, 7) is 1.92. The lowest BCUT2D eigenvalue weighted by molar-refractivity contribution is -0.133. The van der Waals surface area contributed by atoms with Crippen LogP contribution in [0.15, 0.2) is 24.3 Å². The number of hydrogen-bond donors (Lipinski definition) is 0. The fraction of sp³-hybridized carbons (Fsp3) is 0.556. The molecule has 124 valence electrons. The van der Waals surface area contributed by atoms with Gasteiger partial charge in [0.1, 0.15) is 5.54 Å². The van der Waals surface area contributed by atoms with Gasteiger partial charge in [0.2, 0.25) is 5.91 Å². The number of nitriles is 1. The van der Waals surface area contributed by atoms with Crippen molar-refractivity contribution < 1.29 is 4.79 Å². The molecule has 0 radical (unpaired) electrons. The Morgan fingerprint density at radius 3 is 2.52 bits per heavy atom. The molecule has 3 nitrogen and oxygen atoms in total. The van der Waals surface area contributed by atoms with E-state index in [9.17, 15) is 10.1 Å². The lowest BCUT2D eigenvalue weighted by Crippen LogP contribution is -2.52. The van der Waals surface area contributed by atoms with Crippen LogP contribution in [0.25, 0.3) is 0 Å². The van der Waals surface area contributed by atoms with Crippen LogP contribution in [0.5, 0.6) is 0 Å². The van der Waals surface area contributed by atoms with E-state index in [1.54, 1.807) is 23.7 Å². The molecule has 0 bridgehead atoms. The van der Waals surface area contributed by atoms with Crippen molar-refractivity contribution in [3.05, 3.63) is 34.9 Å². The van der Waals surface area contributed by atoms with E-state index in [2.05, 4.69) is 6.07 Å². The van der Waals surface area contributed by atoms with E-state index >= 15 is 0 Å². The van der Waals surface area contributed by atoms with Gasteiger partial charge in [0.15, 0.2) is 0 Å². The zero-order valence-electron chi connectivity index (χ0n) is 13.7. The van der Waals surface area contributed by atoms with Crippen molar-refractivity contribution in [2.45, 2.75) is 55.6 Å². The van der Waals surface area contributed by atoms with Gasteiger partial charge in [0, 0.05) is 17.8 Å². The van der Waals surface area contributed by atoms with E-state index in [4.69, 9.17) is 11.6 Å². The zero-order chi connectivity index (χ0) is 16.9. The predicted octanol–water partition coefficient (Wildman–Crippen LogP) is 4.65. The third kappa shape index (κ3) is 4.43. The number of nitrogens with zero attached hydrogens (tertiary/aromatic N) is 2. The summed E-state index contributed by atoms with van der Waals surface area (Å²) < 4.78 is 0. The standard InChI is InChI=1S/C18H23ClN2OS/c1-14(23-12-15-6-8-16(19)9-7-15)17(22)21(2)18(13-20)10-4-3-5-11-18/h6-9,14H,3-5,10-12H2,1-2H3/t14-/m1/s1. The summed E-state index contributed by atoms with van der Waals surface area (Å²) in [6, 6.07) is 10.1. The van der Waals surface area contributed by atoms with E-state index in [-0.39, 0.29) is 11.2 Å². The highest BCUT2D eigenvalue weighted by Gasteiger charge is 2.39. The summed E-state index contributed by atoms with van der Waals surface area (Å²) in [5.74, 6) is 0.810. The van der Waals surface area contributed by atoms with Crippen molar-refractivity contribution in [1.82, 2.24) is 4.90 Å². The van der Waals surface area contributed by atoms with Crippen LogP contribution in [0.1, 0.15) is 44.6 Å². The molecule has 0 aliphatic heterocycles. The lowest BCUT2D eigenvalue weighted by atomic mass is 9.81. The van der Waals surface area contributed by atoms with Gasteiger partial charge in [-0.05, 0) is 37.5 Å². The van der Waals surface area contributed by atoms with Gasteiger partial charge in [-0.2, -0.15) is 5.26 Å². The summed E-state index contributed by atoms with van der Waals surface area (Å²) in [5, 5.41) is 10.2. The summed E-state index contributed by atoms with van der Waals surface area (Å²) in [5.41, 5.74) is 0.541. The van der Waals surface area contributed by atoms with Crippen molar-refractivity contribution in [3.8, 4) is 6.07 Å². The third-order valence-corrected chi connectivity index (χ3v) is 6.08. The lowest BCUT2D eigenvalue weighted by Gasteiger charge is -2.40. The number of halogens is 1. The van der Waals surface area contributed by atoms with Crippen LogP contribution in [0, 0.1) is 11.3 Å². The molecule has 0 unspecified atom stereocenters. The van der Waals surface area contributed by atoms with Crippen LogP contribution in [-0.2, 0) is 10.5 Å². The smallest absolute Gasteiger partial charge is 0.236 e. The minimum absolute atomic E-state index is 0.0485. The Kier molecular flexibility index (Phi) is 6.38. The molecule has 1 aliphatic carbocycles. The molecule has 1 aromatic rings. The molecule has 1 amide bonds. The summed E-state index contributed by atoms with van der Waals surface area (Å²) in [4.78, 5) is 14.4. The maximum atomic E-state index is 12.7. The summed E-state index contributed by atoms with van der Waals surface area (Å²) in [6.07, 6.45) is 4.79. The second kappa shape index (κ2) is 8.08. The maximum Gasteiger partial charge on any atom is 0.236 e. The average molecular weight is 351 g/mol. The molecule has 0 N–H and O–H groups in total. The predicted molar refractivity (Wildman–Crippen MR) is 96.4 cm³/mol. The molecule has 0 saturated heterocycles. The Hall–Kier alpha value is -1.18. The van der Waals surface area contributed by atoms with Crippen LogP contribution >= 0.6 is 23.4 Å². The Balaban J connectivity index is 1.95. The number of benzene rings is 1. The molecule has 1 aromatic carbocycles. The van der Waals surface area contributed by atoms with Crippen molar-refractivity contribution in [3.63, 3.8) is 0 Å². The van der Waals surface area contributed by atoms with Crippen molar-refractivity contribution in [2.24, 2.45) is 0 Å². The van der Waals surface area contributed by atoms with Crippen LogP contribution in [0.2, 0.25) is 5.02 Å². The fourth-order valence-corrected chi connectivity index (χ4v) is 4.08. The summed E-state index contributed by atoms with van der Waals surface area (Å²) in [7, 11) is 1.79. The Morgan fingerprint density at radius 2 is 1.96 bits per heavy atom. The third-order valence-electron chi connectivity index (χ3n) is 4.62. The molecule has 23 heavy (non-hydrogen) atoms. The van der Waals surface area contributed by atoms with Crippen LogP contribution in [-0.4, -0.2) is 28.6 Å². The minimum atomic E-state index is -0.607. The molecule has 1 aliphatic rings. The van der Waals surface area contributed by atoms with Crippen LogP contribution in [0.3, 0.4) is 0 Å². The topological polar surface area (TPSA) is 44.1 Å². The first-order valence-electron chi connectivity index (χ1n) is 8.03. The molecule has 0 spiro atoms. The molecule has 5 heteroatoms. The van der Waals surface area contributed by atoms with E-state index < -0.39 is 5.54 Å².